The van der Waals surface area contributed by atoms with Crippen molar-refractivity contribution in [2.45, 2.75) is 13.0 Å². The summed E-state index contributed by atoms with van der Waals surface area (Å²) >= 11 is 0. The number of rotatable bonds is 8. The van der Waals surface area contributed by atoms with Gasteiger partial charge in [0.1, 0.15) is 6.29 Å². The zero-order valence-corrected chi connectivity index (χ0v) is 9.67. The standard InChI is InChI=1S/C12H17N3O2/c16-6-1-3-13-9-11-2-4-15-12(8-11)10-14-5-7-17/h2,4,7-9,14,16H,1,3,5-6,10H2. The summed E-state index contributed by atoms with van der Waals surface area (Å²) in [4.78, 5) is 18.5. The highest BCUT2D eigenvalue weighted by Gasteiger charge is 1.95. The molecule has 92 valence electrons. The summed E-state index contributed by atoms with van der Waals surface area (Å²) in [5.74, 6) is 0. The molecule has 0 spiro atoms. The van der Waals surface area contributed by atoms with Crippen LogP contribution in [0, 0.1) is 0 Å². The molecule has 0 aromatic carbocycles. The van der Waals surface area contributed by atoms with Gasteiger partial charge in [0.15, 0.2) is 0 Å². The van der Waals surface area contributed by atoms with Gasteiger partial charge in [-0.25, -0.2) is 0 Å². The maximum absolute atomic E-state index is 10.1. The summed E-state index contributed by atoms with van der Waals surface area (Å²) in [6.45, 7) is 1.68. The predicted molar refractivity (Wildman–Crippen MR) is 66.2 cm³/mol. The highest BCUT2D eigenvalue weighted by atomic mass is 16.3. The van der Waals surface area contributed by atoms with Crippen LogP contribution in [0.25, 0.3) is 0 Å². The molecule has 1 aromatic rings. The third-order valence-corrected chi connectivity index (χ3v) is 2.06. The number of carbonyl (C=O) groups is 1. The van der Waals surface area contributed by atoms with Crippen molar-refractivity contribution >= 4 is 12.5 Å². The van der Waals surface area contributed by atoms with Gasteiger partial charge in [-0.2, -0.15) is 0 Å². The average molecular weight is 235 g/mol. The Morgan fingerprint density at radius 2 is 2.41 bits per heavy atom. The van der Waals surface area contributed by atoms with E-state index in [0.29, 0.717) is 26.1 Å². The van der Waals surface area contributed by atoms with Crippen LogP contribution in [-0.4, -0.2) is 42.3 Å². The first-order chi connectivity index (χ1) is 8.36. The van der Waals surface area contributed by atoms with Gasteiger partial charge in [0.05, 0.1) is 12.2 Å². The van der Waals surface area contributed by atoms with Crippen LogP contribution in [0.3, 0.4) is 0 Å². The molecule has 1 rings (SSSR count). The number of nitrogens with zero attached hydrogens (tertiary/aromatic N) is 2. The van der Waals surface area contributed by atoms with Crippen molar-refractivity contribution < 1.29 is 9.90 Å². The third kappa shape index (κ3) is 5.89. The lowest BCUT2D eigenvalue weighted by molar-refractivity contribution is -0.107. The molecule has 0 bridgehead atoms. The fourth-order valence-electron chi connectivity index (χ4n) is 1.26. The van der Waals surface area contributed by atoms with Gasteiger partial charge in [0.2, 0.25) is 0 Å². The summed E-state index contributed by atoms with van der Waals surface area (Å²) in [6, 6.07) is 3.78. The van der Waals surface area contributed by atoms with Gasteiger partial charge < -0.3 is 15.2 Å². The molecule has 0 aliphatic heterocycles. The van der Waals surface area contributed by atoms with Crippen molar-refractivity contribution in [2.24, 2.45) is 4.99 Å². The largest absolute Gasteiger partial charge is 0.396 e. The first-order valence-electron chi connectivity index (χ1n) is 5.57. The van der Waals surface area contributed by atoms with Crippen LogP contribution in [-0.2, 0) is 11.3 Å². The van der Waals surface area contributed by atoms with Crippen molar-refractivity contribution in [1.29, 1.82) is 0 Å². The number of aromatic nitrogens is 1. The molecular weight excluding hydrogens is 218 g/mol. The molecule has 0 unspecified atom stereocenters. The molecule has 2 N–H and O–H groups in total. The van der Waals surface area contributed by atoms with Crippen molar-refractivity contribution in [2.75, 3.05) is 19.7 Å². The number of aliphatic hydroxyl groups excluding tert-OH is 1. The number of aliphatic imine (C=N–C) groups is 1. The van der Waals surface area contributed by atoms with Crippen LogP contribution in [0.5, 0.6) is 0 Å². The maximum atomic E-state index is 10.1. The minimum atomic E-state index is 0.161. The number of carbonyl (C=O) groups excluding carboxylic acids is 1. The zero-order chi connectivity index (χ0) is 12.3. The lowest BCUT2D eigenvalue weighted by atomic mass is 10.2. The highest BCUT2D eigenvalue weighted by molar-refractivity contribution is 5.79. The molecule has 5 heteroatoms. The lowest BCUT2D eigenvalue weighted by Crippen LogP contribution is -2.16. The van der Waals surface area contributed by atoms with Crippen molar-refractivity contribution in [3.8, 4) is 0 Å². The average Bonchev–Trinajstić information content (AvgIpc) is 2.36. The van der Waals surface area contributed by atoms with Crippen LogP contribution in [0.2, 0.25) is 0 Å². The molecule has 5 nitrogen and oxygen atoms in total. The fourth-order valence-corrected chi connectivity index (χ4v) is 1.26. The van der Waals surface area contributed by atoms with Gasteiger partial charge in [-0.05, 0) is 24.1 Å². The summed E-state index contributed by atoms with van der Waals surface area (Å²) in [5.41, 5.74) is 1.85. The second kappa shape index (κ2) is 8.55. The van der Waals surface area contributed by atoms with Gasteiger partial charge in [-0.15, -0.1) is 0 Å². The minimum Gasteiger partial charge on any atom is -0.396 e. The van der Waals surface area contributed by atoms with Gasteiger partial charge in [0, 0.05) is 32.1 Å². The van der Waals surface area contributed by atoms with Crippen LogP contribution in [0.15, 0.2) is 23.3 Å². The Kier molecular flexibility index (Phi) is 6.78. The fraction of sp³-hybridized carbons (Fsp3) is 0.417. The minimum absolute atomic E-state index is 0.161. The normalized spacial score (nSPS) is 10.9. The molecule has 1 aromatic heterocycles. The quantitative estimate of drug-likeness (QED) is 0.383. The van der Waals surface area contributed by atoms with E-state index in [4.69, 9.17) is 5.11 Å². The molecule has 0 atom stereocenters. The van der Waals surface area contributed by atoms with Gasteiger partial charge in [-0.1, -0.05) is 0 Å². The van der Waals surface area contributed by atoms with E-state index in [1.807, 2.05) is 12.1 Å². The van der Waals surface area contributed by atoms with Crippen molar-refractivity contribution in [3.05, 3.63) is 29.6 Å². The molecule has 0 fully saturated rings. The van der Waals surface area contributed by atoms with Crippen LogP contribution in [0.1, 0.15) is 17.7 Å². The molecule has 0 aliphatic rings. The van der Waals surface area contributed by atoms with E-state index in [1.165, 1.54) is 0 Å². The van der Waals surface area contributed by atoms with E-state index in [9.17, 15) is 4.79 Å². The van der Waals surface area contributed by atoms with Crippen molar-refractivity contribution in [1.82, 2.24) is 10.3 Å². The predicted octanol–water partition coefficient (Wildman–Crippen LogP) is 0.171. The molecule has 1 heterocycles. The number of aldehydes is 1. The second-order valence-corrected chi connectivity index (χ2v) is 3.49. The Morgan fingerprint density at radius 1 is 1.53 bits per heavy atom. The Balaban J connectivity index is 2.47. The van der Waals surface area contributed by atoms with E-state index in [-0.39, 0.29) is 6.61 Å². The van der Waals surface area contributed by atoms with E-state index in [2.05, 4.69) is 15.3 Å². The first-order valence-corrected chi connectivity index (χ1v) is 5.57. The Bertz CT molecular complexity index is 367. The number of aliphatic hydroxyl groups is 1. The summed E-state index contributed by atoms with van der Waals surface area (Å²) in [5, 5.41) is 11.6. The van der Waals surface area contributed by atoms with Gasteiger partial charge in [-0.3, -0.25) is 9.98 Å². The Hall–Kier alpha value is -1.59. The van der Waals surface area contributed by atoms with E-state index in [1.54, 1.807) is 12.4 Å². The second-order valence-electron chi connectivity index (χ2n) is 3.49. The van der Waals surface area contributed by atoms with Crippen LogP contribution in [0.4, 0.5) is 0 Å². The Labute approximate surface area is 101 Å². The number of nitrogens with one attached hydrogen (secondary N) is 1. The van der Waals surface area contributed by atoms with Gasteiger partial charge >= 0.3 is 0 Å². The SMILES string of the molecule is O=CCNCc1cc(C=NCCCO)ccn1. The van der Waals surface area contributed by atoms with E-state index in [0.717, 1.165) is 17.5 Å². The number of pyridine rings is 1. The molecule has 0 aliphatic carbocycles. The molecule has 0 amide bonds. The molecule has 0 saturated heterocycles. The molecule has 0 radical (unpaired) electrons. The lowest BCUT2D eigenvalue weighted by Gasteiger charge is -2.01. The molecule has 17 heavy (non-hydrogen) atoms. The smallest absolute Gasteiger partial charge is 0.133 e. The number of hydrogen-bond acceptors (Lipinski definition) is 5. The Morgan fingerprint density at radius 3 is 3.18 bits per heavy atom. The van der Waals surface area contributed by atoms with Gasteiger partial charge in [0.25, 0.3) is 0 Å². The molecule has 0 saturated carbocycles. The summed E-state index contributed by atoms with van der Waals surface area (Å²) in [7, 11) is 0. The van der Waals surface area contributed by atoms with Crippen LogP contribution >= 0.6 is 0 Å². The topological polar surface area (TPSA) is 74.6 Å². The van der Waals surface area contributed by atoms with E-state index < -0.39 is 0 Å². The number of hydrogen-bond donors (Lipinski definition) is 2. The summed E-state index contributed by atoms with van der Waals surface area (Å²) < 4.78 is 0. The first kappa shape index (κ1) is 13.5. The van der Waals surface area contributed by atoms with E-state index >= 15 is 0 Å². The summed E-state index contributed by atoms with van der Waals surface area (Å²) in [6.07, 6.45) is 4.97. The van der Waals surface area contributed by atoms with Crippen LogP contribution < -0.4 is 5.32 Å². The zero-order valence-electron chi connectivity index (χ0n) is 9.67. The highest BCUT2D eigenvalue weighted by Crippen LogP contribution is 1.99. The molecular formula is C12H17N3O2. The van der Waals surface area contributed by atoms with Crippen molar-refractivity contribution in [3.63, 3.8) is 0 Å². The third-order valence-electron chi connectivity index (χ3n) is 2.06. The monoisotopic (exact) mass is 235 g/mol. The maximum Gasteiger partial charge on any atom is 0.133 e.